The molecular weight excluding hydrogens is 276 g/mol. The zero-order valence-electron chi connectivity index (χ0n) is 10.2. The summed E-state index contributed by atoms with van der Waals surface area (Å²) in [5, 5.41) is 0. The number of methoxy groups -OCH3 is 2. The van der Waals surface area contributed by atoms with E-state index in [1.165, 1.54) is 26.4 Å². The van der Waals surface area contributed by atoms with E-state index in [1.54, 1.807) is 11.5 Å². The fraction of sp³-hybridized carbons (Fsp3) is 0.200. The Labute approximate surface area is 109 Å². The molecule has 2 aliphatic heterocycles. The Morgan fingerprint density at radius 1 is 1.16 bits per heavy atom. The molecule has 0 spiro atoms. The lowest BCUT2D eigenvalue weighted by atomic mass is 10.2. The van der Waals surface area contributed by atoms with Crippen LogP contribution in [0, 0.1) is 0 Å². The SMILES string of the molecule is COC(=O)NN.COC(=O)c1c2cccc1S2(=O)=O. The third-order valence-corrected chi connectivity index (χ3v) is 4.10. The van der Waals surface area contributed by atoms with Gasteiger partial charge in [-0.15, -0.1) is 0 Å². The van der Waals surface area contributed by atoms with E-state index in [-0.39, 0.29) is 15.4 Å². The minimum absolute atomic E-state index is 0.0665. The van der Waals surface area contributed by atoms with Crippen molar-refractivity contribution in [3.05, 3.63) is 23.8 Å². The first-order chi connectivity index (χ1) is 8.89. The second kappa shape index (κ2) is 5.67. The van der Waals surface area contributed by atoms with Crippen molar-refractivity contribution < 1.29 is 27.5 Å². The minimum atomic E-state index is -3.32. The first-order valence-corrected chi connectivity index (χ1v) is 6.39. The highest BCUT2D eigenvalue weighted by Gasteiger charge is 2.39. The van der Waals surface area contributed by atoms with Gasteiger partial charge in [-0.2, -0.15) is 0 Å². The normalized spacial score (nSPS) is 13.2. The number of benzene rings is 1. The van der Waals surface area contributed by atoms with Crippen molar-refractivity contribution in [3.8, 4) is 0 Å². The number of hydrazine groups is 1. The van der Waals surface area contributed by atoms with Gasteiger partial charge in [0.05, 0.1) is 29.6 Å². The molecule has 1 amide bonds. The maximum Gasteiger partial charge on any atom is 0.421 e. The topological polar surface area (TPSA) is 125 Å². The van der Waals surface area contributed by atoms with Gasteiger partial charge in [0.1, 0.15) is 0 Å². The third-order valence-electron chi connectivity index (χ3n) is 2.26. The van der Waals surface area contributed by atoms with E-state index in [2.05, 4.69) is 15.3 Å². The van der Waals surface area contributed by atoms with Crippen molar-refractivity contribution in [3.63, 3.8) is 0 Å². The number of nitrogens with two attached hydrogens (primary N) is 1. The number of rotatable bonds is 1. The van der Waals surface area contributed by atoms with Crippen LogP contribution >= 0.6 is 0 Å². The number of nitrogens with one attached hydrogen (secondary N) is 1. The number of ether oxygens (including phenoxy) is 2. The lowest BCUT2D eigenvalue weighted by molar-refractivity contribution is 0.0589. The number of amides is 1. The number of esters is 1. The molecule has 19 heavy (non-hydrogen) atoms. The molecule has 3 rings (SSSR count). The van der Waals surface area contributed by atoms with Crippen molar-refractivity contribution in [2.45, 2.75) is 9.79 Å². The molecule has 8 nitrogen and oxygen atoms in total. The standard InChI is InChI=1S/C8H6O4S.C2H6N2O2/c1-12-8(9)7-5-3-2-4-6(7)13(5,10)11;1-6-2(5)4-3/h2-4H,1H3;3H2,1H3,(H,4,5). The van der Waals surface area contributed by atoms with Crippen LogP contribution in [0.1, 0.15) is 10.4 Å². The molecule has 2 bridgehead atoms. The molecule has 3 N–H and O–H groups in total. The number of hydrogen-bond acceptors (Lipinski definition) is 7. The Bertz CT molecular complexity index is 576. The van der Waals surface area contributed by atoms with E-state index < -0.39 is 21.9 Å². The molecule has 2 aliphatic rings. The van der Waals surface area contributed by atoms with Gasteiger partial charge in [-0.05, 0) is 12.1 Å². The zero-order chi connectivity index (χ0) is 14.6. The Kier molecular flexibility index (Phi) is 4.46. The zero-order valence-corrected chi connectivity index (χ0v) is 11.0. The second-order valence-electron chi connectivity index (χ2n) is 3.26. The average Bonchev–Trinajstić information content (AvgIpc) is 2.45. The molecule has 0 aliphatic carbocycles. The van der Waals surface area contributed by atoms with E-state index in [4.69, 9.17) is 0 Å². The molecule has 9 heteroatoms. The molecule has 0 saturated carbocycles. The summed E-state index contributed by atoms with van der Waals surface area (Å²) in [6.07, 6.45) is -0.630. The number of hydrogen-bond donors (Lipinski definition) is 2. The highest BCUT2D eigenvalue weighted by atomic mass is 32.2. The first-order valence-electron chi connectivity index (χ1n) is 4.91. The third kappa shape index (κ3) is 2.66. The number of carbonyl (C=O) groups is 2. The molecule has 0 radical (unpaired) electrons. The van der Waals surface area contributed by atoms with Crippen LogP contribution in [0.4, 0.5) is 4.79 Å². The Hall–Kier alpha value is -2.13. The predicted molar refractivity (Wildman–Crippen MR) is 63.0 cm³/mol. The Morgan fingerprint density at radius 3 is 1.95 bits per heavy atom. The molecule has 0 atom stereocenters. The monoisotopic (exact) mass is 288 g/mol. The average molecular weight is 288 g/mol. The molecule has 104 valence electrons. The van der Waals surface area contributed by atoms with Gasteiger partial charge in [0, 0.05) is 0 Å². The van der Waals surface area contributed by atoms with Crippen molar-refractivity contribution in [2.75, 3.05) is 14.2 Å². The molecule has 1 aromatic carbocycles. The molecule has 0 saturated heterocycles. The second-order valence-corrected chi connectivity index (χ2v) is 5.15. The summed E-state index contributed by atoms with van der Waals surface area (Å²) >= 11 is 0. The van der Waals surface area contributed by atoms with Gasteiger partial charge in [0.2, 0.25) is 9.84 Å². The van der Waals surface area contributed by atoms with Crippen LogP contribution in [-0.2, 0) is 19.3 Å². The molecule has 0 fully saturated rings. The predicted octanol–water partition coefficient (Wildman–Crippen LogP) is -0.165. The van der Waals surface area contributed by atoms with Crippen molar-refractivity contribution >= 4 is 21.9 Å². The molecule has 0 aromatic heterocycles. The first kappa shape index (κ1) is 14.9. The molecule has 1 aromatic rings. The largest absolute Gasteiger partial charge is 0.465 e. The van der Waals surface area contributed by atoms with Crippen LogP contribution in [-0.4, -0.2) is 34.7 Å². The number of sulfone groups is 1. The van der Waals surface area contributed by atoms with E-state index in [9.17, 15) is 18.0 Å². The van der Waals surface area contributed by atoms with Crippen LogP contribution < -0.4 is 11.3 Å². The molecule has 0 unspecified atom stereocenters. The summed E-state index contributed by atoms with van der Waals surface area (Å²) in [5.74, 6) is 3.96. The number of fused-ring (bicyclic) bond motifs is 2. The van der Waals surface area contributed by atoms with Crippen molar-refractivity contribution in [1.82, 2.24) is 5.43 Å². The summed E-state index contributed by atoms with van der Waals surface area (Å²) in [7, 11) is -0.854. The summed E-state index contributed by atoms with van der Waals surface area (Å²) in [5.41, 5.74) is 1.92. The summed E-state index contributed by atoms with van der Waals surface area (Å²) in [6, 6.07) is 4.39. The van der Waals surface area contributed by atoms with Crippen LogP contribution in [0.15, 0.2) is 28.0 Å². The quantitative estimate of drug-likeness (QED) is 0.323. The maximum absolute atomic E-state index is 11.3. The Morgan fingerprint density at radius 2 is 1.68 bits per heavy atom. The van der Waals surface area contributed by atoms with Crippen molar-refractivity contribution in [2.24, 2.45) is 5.84 Å². The van der Waals surface area contributed by atoms with Gasteiger partial charge in [-0.3, -0.25) is 5.43 Å². The lowest BCUT2D eigenvalue weighted by Gasteiger charge is -2.20. The fourth-order valence-electron chi connectivity index (χ4n) is 1.39. The highest BCUT2D eigenvalue weighted by Crippen LogP contribution is 2.38. The van der Waals surface area contributed by atoms with Crippen LogP contribution in [0.2, 0.25) is 0 Å². The van der Waals surface area contributed by atoms with E-state index >= 15 is 0 Å². The van der Waals surface area contributed by atoms with E-state index in [1.807, 2.05) is 0 Å². The number of carbonyl (C=O) groups excluding carboxylic acids is 2. The van der Waals surface area contributed by atoms with Gasteiger partial charge >= 0.3 is 12.1 Å². The lowest BCUT2D eigenvalue weighted by Crippen LogP contribution is -2.29. The van der Waals surface area contributed by atoms with Crippen molar-refractivity contribution in [1.29, 1.82) is 0 Å². The summed E-state index contributed by atoms with van der Waals surface area (Å²) in [6.45, 7) is 0. The minimum Gasteiger partial charge on any atom is -0.465 e. The van der Waals surface area contributed by atoms with Gasteiger partial charge in [0.25, 0.3) is 0 Å². The molecule has 2 heterocycles. The van der Waals surface area contributed by atoms with Gasteiger partial charge in [-0.25, -0.2) is 23.8 Å². The summed E-state index contributed by atoms with van der Waals surface area (Å²) in [4.78, 5) is 20.9. The smallest absolute Gasteiger partial charge is 0.421 e. The molecular formula is C10H12N2O6S. The van der Waals surface area contributed by atoms with E-state index in [0.717, 1.165) is 0 Å². The van der Waals surface area contributed by atoms with Crippen LogP contribution in [0.5, 0.6) is 0 Å². The van der Waals surface area contributed by atoms with Crippen LogP contribution in [0.3, 0.4) is 0 Å². The van der Waals surface area contributed by atoms with Gasteiger partial charge in [-0.1, -0.05) is 6.07 Å². The highest BCUT2D eigenvalue weighted by molar-refractivity contribution is 7.93. The fourth-order valence-corrected chi connectivity index (χ4v) is 2.92. The van der Waals surface area contributed by atoms with Crippen LogP contribution in [0.25, 0.3) is 0 Å². The van der Waals surface area contributed by atoms with Gasteiger partial charge < -0.3 is 9.47 Å². The summed E-state index contributed by atoms with van der Waals surface area (Å²) < 4.78 is 31.0. The Balaban J connectivity index is 0.000000258. The van der Waals surface area contributed by atoms with Gasteiger partial charge in [0.15, 0.2) is 0 Å². The van der Waals surface area contributed by atoms with E-state index in [0.29, 0.717) is 0 Å². The maximum atomic E-state index is 11.3.